The smallest absolute Gasteiger partial charge is 0.223 e. The van der Waals surface area contributed by atoms with Crippen molar-refractivity contribution in [3.05, 3.63) is 0 Å². The monoisotopic (exact) mass is 278 g/mol. The Balaban J connectivity index is 1.52. The molecule has 3 fully saturated rings. The maximum atomic E-state index is 12.5. The molecule has 3 rings (SSSR count). The zero-order valence-electron chi connectivity index (χ0n) is 12.7. The maximum absolute atomic E-state index is 12.5. The minimum absolute atomic E-state index is 0.179. The number of fused-ring (bicyclic) bond motifs is 1. The second-order valence-corrected chi connectivity index (χ2v) is 7.38. The first-order valence-corrected chi connectivity index (χ1v) is 8.80. The Kier molecular flexibility index (Phi) is 4.65. The molecule has 1 amide bonds. The van der Waals surface area contributed by atoms with E-state index in [1.807, 2.05) is 0 Å². The Labute approximate surface area is 123 Å². The molecule has 3 aliphatic rings. The van der Waals surface area contributed by atoms with Crippen molar-refractivity contribution in [2.45, 2.75) is 82.7 Å². The van der Waals surface area contributed by atoms with Crippen LogP contribution in [0.5, 0.6) is 0 Å². The fourth-order valence-electron chi connectivity index (χ4n) is 4.75. The quantitative estimate of drug-likeness (QED) is 0.816. The largest absolute Gasteiger partial charge is 0.352 e. The van der Waals surface area contributed by atoms with Gasteiger partial charge >= 0.3 is 0 Å². The van der Waals surface area contributed by atoms with Crippen LogP contribution in [0.15, 0.2) is 0 Å². The third-order valence-electron chi connectivity index (χ3n) is 6.06. The lowest BCUT2D eigenvalue weighted by molar-refractivity contribution is -0.128. The standard InChI is InChI=1S/C17H30N2O/c18-15-7-3-4-8-16(15)19-17(20)14-10-9-12-5-1-2-6-13(12)11-14/h12-16H,1-11,18H2,(H,19,20)/t12?,13?,14?,15-,16-/m1/s1. The van der Waals surface area contributed by atoms with Crippen LogP contribution in [-0.4, -0.2) is 18.0 Å². The van der Waals surface area contributed by atoms with E-state index >= 15 is 0 Å². The number of carbonyl (C=O) groups is 1. The van der Waals surface area contributed by atoms with Gasteiger partial charge in [0.15, 0.2) is 0 Å². The first-order valence-electron chi connectivity index (χ1n) is 8.80. The van der Waals surface area contributed by atoms with E-state index in [0.717, 1.165) is 37.5 Å². The second kappa shape index (κ2) is 6.46. The SMILES string of the molecule is N[C@@H]1CCCC[C@H]1NC(=O)C1CCC2CCCCC2C1. The highest BCUT2D eigenvalue weighted by Gasteiger charge is 2.36. The maximum Gasteiger partial charge on any atom is 0.223 e. The molecule has 3 unspecified atom stereocenters. The van der Waals surface area contributed by atoms with Crippen molar-refractivity contribution in [1.82, 2.24) is 5.32 Å². The molecule has 0 aromatic heterocycles. The Morgan fingerprint density at radius 1 is 0.850 bits per heavy atom. The van der Waals surface area contributed by atoms with Gasteiger partial charge in [-0.1, -0.05) is 38.5 Å². The van der Waals surface area contributed by atoms with Gasteiger partial charge in [0.05, 0.1) is 0 Å². The Morgan fingerprint density at radius 2 is 1.55 bits per heavy atom. The average molecular weight is 278 g/mol. The van der Waals surface area contributed by atoms with Gasteiger partial charge in [0.1, 0.15) is 0 Å². The molecule has 3 nitrogen and oxygen atoms in total. The van der Waals surface area contributed by atoms with Crippen molar-refractivity contribution in [2.24, 2.45) is 23.5 Å². The van der Waals surface area contributed by atoms with Crippen molar-refractivity contribution in [3.8, 4) is 0 Å². The molecule has 5 atom stereocenters. The van der Waals surface area contributed by atoms with Crippen LogP contribution in [0.2, 0.25) is 0 Å². The van der Waals surface area contributed by atoms with Gasteiger partial charge in [0.2, 0.25) is 5.91 Å². The summed E-state index contributed by atoms with van der Waals surface area (Å²) in [5.41, 5.74) is 6.15. The minimum Gasteiger partial charge on any atom is -0.352 e. The summed E-state index contributed by atoms with van der Waals surface area (Å²) in [6, 6.07) is 0.416. The molecule has 3 aliphatic carbocycles. The molecule has 0 spiro atoms. The van der Waals surface area contributed by atoms with Gasteiger partial charge < -0.3 is 11.1 Å². The Hall–Kier alpha value is -0.570. The van der Waals surface area contributed by atoms with Crippen molar-refractivity contribution >= 4 is 5.91 Å². The molecule has 0 aromatic rings. The molecule has 3 saturated carbocycles. The molecule has 0 saturated heterocycles. The third-order valence-corrected chi connectivity index (χ3v) is 6.06. The van der Waals surface area contributed by atoms with Crippen LogP contribution in [0.4, 0.5) is 0 Å². The van der Waals surface area contributed by atoms with Gasteiger partial charge in [-0.25, -0.2) is 0 Å². The van der Waals surface area contributed by atoms with E-state index in [1.165, 1.54) is 44.9 Å². The van der Waals surface area contributed by atoms with E-state index in [4.69, 9.17) is 5.73 Å². The van der Waals surface area contributed by atoms with E-state index in [0.29, 0.717) is 5.91 Å². The topological polar surface area (TPSA) is 55.1 Å². The first kappa shape index (κ1) is 14.4. The number of carbonyl (C=O) groups excluding carboxylic acids is 1. The fraction of sp³-hybridized carbons (Fsp3) is 0.941. The summed E-state index contributed by atoms with van der Waals surface area (Å²) in [6.07, 6.45) is 13.7. The molecule has 0 aromatic carbocycles. The lowest BCUT2D eigenvalue weighted by atomic mass is 9.67. The summed E-state index contributed by atoms with van der Waals surface area (Å²) in [6.45, 7) is 0. The Bertz CT molecular complexity index is 344. The summed E-state index contributed by atoms with van der Waals surface area (Å²) >= 11 is 0. The van der Waals surface area contributed by atoms with Gasteiger partial charge in [-0.05, 0) is 43.9 Å². The van der Waals surface area contributed by atoms with Crippen LogP contribution in [0.25, 0.3) is 0 Å². The summed E-state index contributed by atoms with van der Waals surface area (Å²) in [5, 5.41) is 3.27. The number of amides is 1. The van der Waals surface area contributed by atoms with Gasteiger partial charge in [0.25, 0.3) is 0 Å². The lowest BCUT2D eigenvalue weighted by Crippen LogP contribution is -2.51. The van der Waals surface area contributed by atoms with Crippen LogP contribution >= 0.6 is 0 Å². The molecule has 3 N–H and O–H groups in total. The van der Waals surface area contributed by atoms with E-state index in [-0.39, 0.29) is 18.0 Å². The third kappa shape index (κ3) is 3.19. The van der Waals surface area contributed by atoms with Gasteiger partial charge in [0, 0.05) is 18.0 Å². The normalized spacial score (nSPS) is 41.8. The summed E-state index contributed by atoms with van der Waals surface area (Å²) in [7, 11) is 0. The van der Waals surface area contributed by atoms with Crippen LogP contribution in [-0.2, 0) is 4.79 Å². The minimum atomic E-state index is 0.179. The van der Waals surface area contributed by atoms with Crippen LogP contribution in [0.1, 0.15) is 70.6 Å². The van der Waals surface area contributed by atoms with E-state index in [2.05, 4.69) is 5.32 Å². The molecule has 3 heteroatoms. The van der Waals surface area contributed by atoms with Crippen molar-refractivity contribution in [1.29, 1.82) is 0 Å². The summed E-state index contributed by atoms with van der Waals surface area (Å²) < 4.78 is 0. The molecular weight excluding hydrogens is 248 g/mol. The molecular formula is C17H30N2O. The number of nitrogens with two attached hydrogens (primary N) is 1. The molecule has 0 radical (unpaired) electrons. The van der Waals surface area contributed by atoms with Crippen molar-refractivity contribution < 1.29 is 4.79 Å². The number of nitrogens with one attached hydrogen (secondary N) is 1. The molecule has 0 heterocycles. The highest BCUT2D eigenvalue weighted by Crippen LogP contribution is 2.42. The molecule has 0 bridgehead atoms. The zero-order chi connectivity index (χ0) is 13.9. The Morgan fingerprint density at radius 3 is 2.35 bits per heavy atom. The van der Waals surface area contributed by atoms with Crippen LogP contribution < -0.4 is 11.1 Å². The fourth-order valence-corrected chi connectivity index (χ4v) is 4.75. The van der Waals surface area contributed by atoms with E-state index in [1.54, 1.807) is 0 Å². The van der Waals surface area contributed by atoms with E-state index in [9.17, 15) is 4.79 Å². The van der Waals surface area contributed by atoms with Crippen LogP contribution in [0, 0.1) is 17.8 Å². The van der Waals surface area contributed by atoms with Gasteiger partial charge in [-0.3, -0.25) is 4.79 Å². The lowest BCUT2D eigenvalue weighted by Gasteiger charge is -2.39. The predicted molar refractivity (Wildman–Crippen MR) is 81.2 cm³/mol. The second-order valence-electron chi connectivity index (χ2n) is 7.38. The van der Waals surface area contributed by atoms with Crippen molar-refractivity contribution in [2.75, 3.05) is 0 Å². The highest BCUT2D eigenvalue weighted by atomic mass is 16.1. The average Bonchev–Trinajstić information content (AvgIpc) is 2.49. The zero-order valence-corrected chi connectivity index (χ0v) is 12.7. The van der Waals surface area contributed by atoms with Gasteiger partial charge in [-0.15, -0.1) is 0 Å². The van der Waals surface area contributed by atoms with Crippen molar-refractivity contribution in [3.63, 3.8) is 0 Å². The molecule has 0 aliphatic heterocycles. The van der Waals surface area contributed by atoms with E-state index < -0.39 is 0 Å². The van der Waals surface area contributed by atoms with Crippen LogP contribution in [0.3, 0.4) is 0 Å². The number of rotatable bonds is 2. The summed E-state index contributed by atoms with van der Waals surface area (Å²) in [4.78, 5) is 12.5. The summed E-state index contributed by atoms with van der Waals surface area (Å²) in [5.74, 6) is 2.32. The highest BCUT2D eigenvalue weighted by molar-refractivity contribution is 5.79. The molecule has 20 heavy (non-hydrogen) atoms. The predicted octanol–water partition coefficient (Wildman–Crippen LogP) is 2.98. The number of hydrogen-bond acceptors (Lipinski definition) is 2. The van der Waals surface area contributed by atoms with Gasteiger partial charge in [-0.2, -0.15) is 0 Å². The molecule has 114 valence electrons. The number of hydrogen-bond donors (Lipinski definition) is 2. The first-order chi connectivity index (χ1) is 9.74.